The average molecular weight is 590 g/mol. The number of ketones is 1. The third-order valence-corrected chi connectivity index (χ3v) is 4.69. The predicted molar refractivity (Wildman–Crippen MR) is 122 cm³/mol. The Bertz CT molecular complexity index is 1210. The van der Waals surface area contributed by atoms with Gasteiger partial charge in [0.05, 0.1) is 11.3 Å². The maximum Gasteiger partial charge on any atom is 0.155 e. The van der Waals surface area contributed by atoms with E-state index >= 15 is 0 Å². The van der Waals surface area contributed by atoms with Gasteiger partial charge in [0.15, 0.2) is 5.78 Å². The number of pyridine rings is 1. The van der Waals surface area contributed by atoms with E-state index in [2.05, 4.69) is 60.9 Å². The molecule has 0 aliphatic rings. The van der Waals surface area contributed by atoms with Gasteiger partial charge in [-0.15, -0.1) is 34.9 Å². The summed E-state index contributed by atoms with van der Waals surface area (Å²) < 4.78 is 2.10. The summed E-state index contributed by atoms with van der Waals surface area (Å²) in [4.78, 5) is 14.8. The van der Waals surface area contributed by atoms with Gasteiger partial charge in [-0.25, -0.2) is 0 Å². The van der Waals surface area contributed by atoms with E-state index in [9.17, 15) is 4.79 Å². The molecule has 1 N–H and O–H groups in total. The first-order valence-electron chi connectivity index (χ1n) is 9.75. The van der Waals surface area contributed by atoms with Crippen LogP contribution in [0.3, 0.4) is 0 Å². The zero-order valence-corrected chi connectivity index (χ0v) is 20.4. The number of aliphatic hydroxyl groups excluding tert-OH is 1. The summed E-state index contributed by atoms with van der Waals surface area (Å²) >= 11 is 0. The molecule has 0 unspecified atom stereocenters. The molecule has 4 nitrogen and oxygen atoms in total. The van der Waals surface area contributed by atoms with Crippen LogP contribution in [0, 0.1) is 19.9 Å². The average Bonchev–Trinajstić information content (AvgIpc) is 3.23. The zero-order chi connectivity index (χ0) is 21.7. The van der Waals surface area contributed by atoms with Crippen LogP contribution in [0.15, 0.2) is 78.8 Å². The molecule has 4 aromatic rings. The quantitative estimate of drug-likeness (QED) is 0.177. The van der Waals surface area contributed by atoms with Crippen molar-refractivity contribution in [3.63, 3.8) is 0 Å². The van der Waals surface area contributed by atoms with Crippen LogP contribution < -0.4 is 0 Å². The topological polar surface area (TPSA) is 55.1 Å². The van der Waals surface area contributed by atoms with E-state index in [-0.39, 0.29) is 31.6 Å². The Labute approximate surface area is 196 Å². The Hall–Kier alpha value is -3.01. The second kappa shape index (κ2) is 10.9. The van der Waals surface area contributed by atoms with Crippen molar-refractivity contribution >= 4 is 16.7 Å². The van der Waals surface area contributed by atoms with E-state index in [1.54, 1.807) is 0 Å². The Morgan fingerprint density at radius 2 is 1.74 bits per heavy atom. The minimum atomic E-state index is -0.125. The number of hydrogen-bond acceptors (Lipinski definition) is 3. The molecule has 1 radical (unpaired) electrons. The minimum absolute atomic E-state index is 0. The van der Waals surface area contributed by atoms with Gasteiger partial charge in [0, 0.05) is 49.6 Å². The molecule has 2 aromatic heterocycles. The van der Waals surface area contributed by atoms with E-state index in [1.807, 2.05) is 30.6 Å². The molecule has 0 aliphatic heterocycles. The fourth-order valence-corrected chi connectivity index (χ4v) is 3.04. The third kappa shape index (κ3) is 6.48. The first-order valence-corrected chi connectivity index (χ1v) is 9.75. The number of aromatic nitrogens is 2. The molecule has 0 bridgehead atoms. The molecule has 0 atom stereocenters. The molecular formula is C26H25IrN2O2-. The monoisotopic (exact) mass is 590 g/mol. The Morgan fingerprint density at radius 3 is 2.32 bits per heavy atom. The predicted octanol–water partition coefficient (Wildman–Crippen LogP) is 6.14. The van der Waals surface area contributed by atoms with Crippen LogP contribution in [0.1, 0.15) is 25.0 Å². The van der Waals surface area contributed by atoms with Crippen LogP contribution in [0.25, 0.3) is 27.8 Å². The largest absolute Gasteiger partial charge is 0.512 e. The number of aliphatic hydroxyl groups is 1. The number of carbonyl (C=O) groups excluding carboxylic acids is 1. The Kier molecular flexibility index (Phi) is 8.49. The second-order valence-corrected chi connectivity index (χ2v) is 7.27. The van der Waals surface area contributed by atoms with Crippen molar-refractivity contribution in [2.75, 3.05) is 0 Å². The van der Waals surface area contributed by atoms with Gasteiger partial charge in [0.1, 0.15) is 0 Å². The Balaban J connectivity index is 0.000000373. The summed E-state index contributed by atoms with van der Waals surface area (Å²) in [6.07, 6.45) is 5.26. The molecule has 2 heterocycles. The fraction of sp³-hybridized carbons (Fsp3) is 0.154. The van der Waals surface area contributed by atoms with E-state index < -0.39 is 0 Å². The van der Waals surface area contributed by atoms with Crippen LogP contribution in [0.2, 0.25) is 0 Å². The molecule has 0 aliphatic carbocycles. The summed E-state index contributed by atoms with van der Waals surface area (Å²) in [5.41, 5.74) is 6.69. The van der Waals surface area contributed by atoms with E-state index in [0.717, 1.165) is 27.8 Å². The van der Waals surface area contributed by atoms with Gasteiger partial charge in [-0.05, 0) is 49.9 Å². The molecule has 0 saturated heterocycles. The molecule has 0 spiro atoms. The molecule has 4 rings (SSSR count). The van der Waals surface area contributed by atoms with Crippen LogP contribution in [0.4, 0.5) is 0 Å². The van der Waals surface area contributed by atoms with Gasteiger partial charge >= 0.3 is 0 Å². The van der Waals surface area contributed by atoms with Crippen LogP contribution in [0.5, 0.6) is 0 Å². The SMILES string of the molecule is CC(=O)/C=C(/C)O.Cc1c[c-]c(-c2ccc3cc(-n4cccc4)ccc3n2)cc1C.[Ir]. The smallest absolute Gasteiger partial charge is 0.155 e. The van der Waals surface area contributed by atoms with Crippen molar-refractivity contribution in [2.24, 2.45) is 0 Å². The number of fused-ring (bicyclic) bond motifs is 1. The molecule has 0 amide bonds. The number of aryl methyl sites for hydroxylation is 2. The van der Waals surface area contributed by atoms with Crippen LogP contribution >= 0.6 is 0 Å². The minimum Gasteiger partial charge on any atom is -0.512 e. The van der Waals surface area contributed by atoms with Crippen LogP contribution in [-0.2, 0) is 24.9 Å². The van der Waals surface area contributed by atoms with Gasteiger partial charge in [0.25, 0.3) is 0 Å². The van der Waals surface area contributed by atoms with Gasteiger partial charge in [-0.2, -0.15) is 0 Å². The second-order valence-electron chi connectivity index (χ2n) is 7.27. The van der Waals surface area contributed by atoms with Gasteiger partial charge in [-0.1, -0.05) is 26.0 Å². The third-order valence-electron chi connectivity index (χ3n) is 4.69. The van der Waals surface area contributed by atoms with E-state index in [1.165, 1.54) is 31.1 Å². The van der Waals surface area contributed by atoms with Crippen molar-refractivity contribution in [1.82, 2.24) is 9.55 Å². The molecule has 161 valence electrons. The first-order chi connectivity index (χ1) is 14.3. The molecule has 5 heteroatoms. The Morgan fingerprint density at radius 1 is 1.03 bits per heavy atom. The van der Waals surface area contributed by atoms with Gasteiger partial charge in [-0.3, -0.25) is 9.78 Å². The molecule has 31 heavy (non-hydrogen) atoms. The summed E-state index contributed by atoms with van der Waals surface area (Å²) in [7, 11) is 0. The maximum atomic E-state index is 10.0. The van der Waals surface area contributed by atoms with Crippen molar-refractivity contribution < 1.29 is 30.0 Å². The molecule has 2 aromatic carbocycles. The normalized spacial score (nSPS) is 10.8. The number of rotatable bonds is 3. The number of hydrogen-bond donors (Lipinski definition) is 1. The summed E-state index contributed by atoms with van der Waals surface area (Å²) in [5.74, 6) is -0.0625. The summed E-state index contributed by atoms with van der Waals surface area (Å²) in [6, 6.07) is 22.1. The van der Waals surface area contributed by atoms with E-state index in [0.29, 0.717) is 0 Å². The maximum absolute atomic E-state index is 10.0. The molecule has 0 fully saturated rings. The summed E-state index contributed by atoms with van der Waals surface area (Å²) in [6.45, 7) is 7.07. The molecule has 0 saturated carbocycles. The zero-order valence-electron chi connectivity index (χ0n) is 18.0. The number of nitrogens with zero attached hydrogens (tertiary/aromatic N) is 2. The first kappa shape index (κ1) is 24.3. The van der Waals surface area contributed by atoms with Crippen molar-refractivity contribution in [3.05, 3.63) is 96.0 Å². The standard InChI is InChI=1S/C21H17N2.C5H8O2.Ir/c1-15-5-6-17(13-16(15)2)20-9-7-18-14-19(8-10-21(18)22-20)23-11-3-4-12-23;1-4(6)3-5(2)7;/h3-5,7-14H,1-2H3;3,6H,1-2H3;/q-1;;/b;4-3-;. The van der Waals surface area contributed by atoms with Crippen LogP contribution in [-0.4, -0.2) is 20.4 Å². The van der Waals surface area contributed by atoms with Gasteiger partial charge in [0.2, 0.25) is 0 Å². The van der Waals surface area contributed by atoms with Crippen molar-refractivity contribution in [3.8, 4) is 16.9 Å². The number of allylic oxidation sites excluding steroid dienone is 2. The van der Waals surface area contributed by atoms with Gasteiger partial charge < -0.3 is 9.67 Å². The molecular weight excluding hydrogens is 565 g/mol. The van der Waals surface area contributed by atoms with Crippen molar-refractivity contribution in [2.45, 2.75) is 27.7 Å². The van der Waals surface area contributed by atoms with Crippen molar-refractivity contribution in [1.29, 1.82) is 0 Å². The summed E-state index contributed by atoms with van der Waals surface area (Å²) in [5, 5.41) is 9.51. The fourth-order valence-electron chi connectivity index (χ4n) is 3.04. The number of benzene rings is 2. The number of carbonyl (C=O) groups is 1. The van der Waals surface area contributed by atoms with E-state index in [4.69, 9.17) is 10.1 Å².